The Morgan fingerprint density at radius 3 is 2.07 bits per heavy atom. The van der Waals surface area contributed by atoms with Crippen molar-refractivity contribution in [2.24, 2.45) is 5.92 Å². The Kier molecular flexibility index (Phi) is 10.3. The summed E-state index contributed by atoms with van der Waals surface area (Å²) in [7, 11) is -3.84. The number of alkyl halides is 3. The zero-order chi connectivity index (χ0) is 30.5. The third-order valence-corrected chi connectivity index (χ3v) is 8.85. The van der Waals surface area contributed by atoms with E-state index >= 15 is 0 Å². The lowest BCUT2D eigenvalue weighted by atomic mass is 9.98. The number of aryl methyl sites for hydroxylation is 3. The monoisotopic (exact) mass is 598 g/mol. The zero-order valence-electron chi connectivity index (χ0n) is 23.6. The van der Waals surface area contributed by atoms with Gasteiger partial charge in [0.2, 0.25) is 0 Å². The number of piperidine rings is 1. The van der Waals surface area contributed by atoms with E-state index in [2.05, 4.69) is 21.9 Å². The highest BCUT2D eigenvalue weighted by molar-refractivity contribution is 7.92. The first-order valence-corrected chi connectivity index (χ1v) is 14.9. The highest BCUT2D eigenvalue weighted by atomic mass is 32.2. The molecule has 0 aliphatic carbocycles. The molecule has 2 aliphatic heterocycles. The van der Waals surface area contributed by atoms with E-state index in [4.69, 9.17) is 9.90 Å². The van der Waals surface area contributed by atoms with E-state index < -0.39 is 22.2 Å². The molecule has 9 nitrogen and oxygen atoms in total. The summed E-state index contributed by atoms with van der Waals surface area (Å²) in [5.41, 5.74) is 4.46. The summed E-state index contributed by atoms with van der Waals surface area (Å²) in [5, 5.41) is 10.5. The highest BCUT2D eigenvalue weighted by Crippen LogP contribution is 2.32. The predicted octanol–water partition coefficient (Wildman–Crippen LogP) is 4.33. The van der Waals surface area contributed by atoms with Gasteiger partial charge in [-0.05, 0) is 80.5 Å². The van der Waals surface area contributed by atoms with Crippen LogP contribution >= 0.6 is 0 Å². The van der Waals surface area contributed by atoms with Gasteiger partial charge in [0, 0.05) is 44.8 Å². The van der Waals surface area contributed by atoms with Crippen LogP contribution < -0.4 is 14.9 Å². The van der Waals surface area contributed by atoms with Gasteiger partial charge in [0.05, 0.1) is 16.3 Å². The number of piperazine rings is 1. The van der Waals surface area contributed by atoms with Crippen molar-refractivity contribution in [2.75, 3.05) is 48.9 Å². The van der Waals surface area contributed by atoms with Gasteiger partial charge in [-0.25, -0.2) is 13.2 Å². The molecule has 2 fully saturated rings. The minimum atomic E-state index is -5.08. The number of carbonyl (C=O) groups excluding carboxylic acids is 1. The van der Waals surface area contributed by atoms with Crippen molar-refractivity contribution in [1.82, 2.24) is 10.2 Å². The summed E-state index contributed by atoms with van der Waals surface area (Å²) < 4.78 is 61.6. The molecule has 13 heteroatoms. The molecule has 0 atom stereocenters. The Labute approximate surface area is 238 Å². The van der Waals surface area contributed by atoms with Crippen molar-refractivity contribution < 1.29 is 36.3 Å². The topological polar surface area (TPSA) is 119 Å². The van der Waals surface area contributed by atoms with E-state index in [0.717, 1.165) is 68.9 Å². The van der Waals surface area contributed by atoms with Crippen molar-refractivity contribution in [3.05, 3.63) is 52.6 Å². The molecule has 41 heavy (non-hydrogen) atoms. The standard InChI is InChI=1S/C26H36N4O3S.C2HF3O2/c1-18-7-11-30(12-8-18)26(31)22-5-6-24(29-13-9-27-10-14-29)23(17-22)28-34(32,33)25-16-20(3)19(2)15-21(25)4;3-2(4,5)1(6)7/h5-6,15-18,27-28H,7-14H2,1-4H3;(H,6,7). The molecule has 1 amide bonds. The number of anilines is 2. The van der Waals surface area contributed by atoms with Crippen LogP contribution in [-0.4, -0.2) is 75.7 Å². The van der Waals surface area contributed by atoms with Gasteiger partial charge in [-0.2, -0.15) is 13.2 Å². The number of hydrogen-bond acceptors (Lipinski definition) is 6. The molecule has 0 radical (unpaired) electrons. The minimum Gasteiger partial charge on any atom is -0.475 e. The van der Waals surface area contributed by atoms with Crippen LogP contribution in [0.5, 0.6) is 0 Å². The molecule has 0 saturated carbocycles. The Hall–Kier alpha value is -3.32. The fourth-order valence-corrected chi connectivity index (χ4v) is 6.13. The van der Waals surface area contributed by atoms with Gasteiger partial charge in [0.25, 0.3) is 15.9 Å². The molecule has 226 valence electrons. The average Bonchev–Trinajstić information content (AvgIpc) is 2.90. The fraction of sp³-hybridized carbons (Fsp3) is 0.500. The molecule has 0 unspecified atom stereocenters. The van der Waals surface area contributed by atoms with Crippen molar-refractivity contribution in [2.45, 2.75) is 51.6 Å². The second-order valence-corrected chi connectivity index (χ2v) is 12.2. The van der Waals surface area contributed by atoms with Crippen molar-refractivity contribution in [3.63, 3.8) is 0 Å². The van der Waals surface area contributed by atoms with Gasteiger partial charge in [-0.15, -0.1) is 0 Å². The van der Waals surface area contributed by atoms with Crippen molar-refractivity contribution >= 4 is 33.3 Å². The molecule has 2 aliphatic rings. The molecule has 2 saturated heterocycles. The van der Waals surface area contributed by atoms with Gasteiger partial charge >= 0.3 is 12.1 Å². The molecule has 4 rings (SSSR count). The van der Waals surface area contributed by atoms with Crippen molar-refractivity contribution in [1.29, 1.82) is 0 Å². The van der Waals surface area contributed by atoms with E-state index in [1.165, 1.54) is 0 Å². The number of carboxylic acids is 1. The number of hydrogen-bond donors (Lipinski definition) is 3. The molecule has 0 spiro atoms. The van der Waals surface area contributed by atoms with E-state index in [1.807, 2.05) is 43.9 Å². The summed E-state index contributed by atoms with van der Waals surface area (Å²) in [6, 6.07) is 9.05. The first-order chi connectivity index (χ1) is 19.1. The quantitative estimate of drug-likeness (QED) is 0.469. The minimum absolute atomic E-state index is 0.0402. The summed E-state index contributed by atoms with van der Waals surface area (Å²) in [6.07, 6.45) is -3.09. The molecule has 2 aromatic carbocycles. The van der Waals surface area contributed by atoms with Gasteiger partial charge in [-0.3, -0.25) is 9.52 Å². The number of likely N-dealkylation sites (tertiary alicyclic amines) is 1. The summed E-state index contributed by atoms with van der Waals surface area (Å²) in [6.45, 7) is 12.6. The average molecular weight is 599 g/mol. The number of amides is 1. The molecule has 0 bridgehead atoms. The van der Waals surface area contributed by atoms with Crippen LogP contribution in [0.1, 0.15) is 46.8 Å². The Bertz CT molecular complexity index is 1370. The SMILES string of the molecule is Cc1cc(C)c(S(=O)(=O)Nc2cc(C(=O)N3CCC(C)CC3)ccc2N2CCNCC2)cc1C.O=C(O)C(F)(F)F. The highest BCUT2D eigenvalue weighted by Gasteiger charge is 2.38. The van der Waals surface area contributed by atoms with Gasteiger partial charge in [-0.1, -0.05) is 13.0 Å². The Balaban J connectivity index is 0.000000587. The van der Waals surface area contributed by atoms with E-state index in [9.17, 15) is 26.4 Å². The van der Waals surface area contributed by atoms with Crippen molar-refractivity contribution in [3.8, 4) is 0 Å². The number of sulfonamides is 1. The molecular formula is C28H37F3N4O5S. The molecule has 2 heterocycles. The van der Waals surface area contributed by atoms with Crippen LogP contribution in [0.15, 0.2) is 35.2 Å². The predicted molar refractivity (Wildman–Crippen MR) is 151 cm³/mol. The summed E-state index contributed by atoms with van der Waals surface area (Å²) in [4.78, 5) is 26.5. The molecule has 3 N–H and O–H groups in total. The maximum atomic E-state index is 13.5. The second kappa shape index (κ2) is 13.1. The smallest absolute Gasteiger partial charge is 0.475 e. The third-order valence-electron chi connectivity index (χ3n) is 7.34. The molecule has 2 aromatic rings. The number of aliphatic carboxylic acids is 1. The lowest BCUT2D eigenvalue weighted by molar-refractivity contribution is -0.192. The third kappa shape index (κ3) is 8.35. The number of rotatable bonds is 5. The number of carboxylic acid groups (broad SMARTS) is 1. The van der Waals surface area contributed by atoms with Crippen LogP contribution in [0.2, 0.25) is 0 Å². The largest absolute Gasteiger partial charge is 0.490 e. The van der Waals surface area contributed by atoms with Crippen LogP contribution in [0.25, 0.3) is 0 Å². The first-order valence-electron chi connectivity index (χ1n) is 13.4. The molecular weight excluding hydrogens is 561 g/mol. The van der Waals surface area contributed by atoms with Gasteiger partial charge in [0.1, 0.15) is 0 Å². The number of nitrogens with one attached hydrogen (secondary N) is 2. The molecule has 0 aromatic heterocycles. The Morgan fingerprint density at radius 2 is 1.51 bits per heavy atom. The summed E-state index contributed by atoms with van der Waals surface area (Å²) >= 11 is 0. The van der Waals surface area contributed by atoms with E-state index in [1.54, 1.807) is 12.1 Å². The van der Waals surface area contributed by atoms with Gasteiger partial charge < -0.3 is 20.2 Å². The van der Waals surface area contributed by atoms with E-state index in [0.29, 0.717) is 22.7 Å². The maximum Gasteiger partial charge on any atom is 0.490 e. The maximum absolute atomic E-state index is 13.5. The summed E-state index contributed by atoms with van der Waals surface area (Å²) in [5.74, 6) is -2.17. The normalized spacial score (nSPS) is 16.6. The van der Waals surface area contributed by atoms with Crippen LogP contribution in [0.3, 0.4) is 0 Å². The van der Waals surface area contributed by atoms with Crippen LogP contribution in [0.4, 0.5) is 24.5 Å². The van der Waals surface area contributed by atoms with Gasteiger partial charge in [0.15, 0.2) is 0 Å². The van der Waals surface area contributed by atoms with Crippen LogP contribution in [-0.2, 0) is 14.8 Å². The first kappa shape index (κ1) is 32.2. The number of nitrogens with zero attached hydrogens (tertiary/aromatic N) is 2. The Morgan fingerprint density at radius 1 is 0.951 bits per heavy atom. The van der Waals surface area contributed by atoms with E-state index in [-0.39, 0.29) is 10.8 Å². The lowest BCUT2D eigenvalue weighted by Crippen LogP contribution is -2.44. The van der Waals surface area contributed by atoms with Crippen LogP contribution in [0, 0.1) is 26.7 Å². The second-order valence-electron chi connectivity index (χ2n) is 10.6. The number of carbonyl (C=O) groups is 2. The number of halogens is 3. The fourth-order valence-electron chi connectivity index (χ4n) is 4.75. The zero-order valence-corrected chi connectivity index (χ0v) is 24.5. The number of benzene rings is 2. The lowest BCUT2D eigenvalue weighted by Gasteiger charge is -2.32.